The van der Waals surface area contributed by atoms with Crippen molar-refractivity contribution >= 4 is 27.3 Å². The highest BCUT2D eigenvalue weighted by atomic mass is 32.2. The summed E-state index contributed by atoms with van der Waals surface area (Å²) in [5.41, 5.74) is 0. The van der Waals surface area contributed by atoms with Gasteiger partial charge in [0.15, 0.2) is 0 Å². The average molecular weight is 291 g/mol. The fourth-order valence-electron chi connectivity index (χ4n) is 1.63. The lowest BCUT2D eigenvalue weighted by atomic mass is 10.1. The summed E-state index contributed by atoms with van der Waals surface area (Å²) in [6, 6.07) is 1.17. The number of sulfonamides is 1. The Balaban J connectivity index is 2.02. The van der Waals surface area contributed by atoms with Crippen LogP contribution in [0.15, 0.2) is 16.3 Å². The third-order valence-electron chi connectivity index (χ3n) is 2.68. The molecule has 0 saturated carbocycles. The van der Waals surface area contributed by atoms with Crippen molar-refractivity contribution in [3.05, 3.63) is 16.3 Å². The van der Waals surface area contributed by atoms with Gasteiger partial charge in [-0.3, -0.25) is 0 Å². The Morgan fingerprint density at radius 3 is 2.94 bits per heavy atom. The Morgan fingerprint density at radius 1 is 1.61 bits per heavy atom. The van der Waals surface area contributed by atoms with Gasteiger partial charge in [-0.15, -0.1) is 11.3 Å². The van der Waals surface area contributed by atoms with Gasteiger partial charge in [-0.05, 0) is 18.4 Å². The molecule has 1 atom stereocenters. The van der Waals surface area contributed by atoms with Crippen LogP contribution < -0.4 is 4.72 Å². The monoisotopic (exact) mass is 291 g/mol. The molecule has 1 unspecified atom stereocenters. The SMILES string of the molecule is O=C(O)c1cc(S(=O)(=O)NCC2CCOC2)cs1. The minimum Gasteiger partial charge on any atom is -0.477 e. The molecule has 0 amide bonds. The van der Waals surface area contributed by atoms with E-state index >= 15 is 0 Å². The third kappa shape index (κ3) is 3.08. The molecule has 0 radical (unpaired) electrons. The number of rotatable bonds is 5. The van der Waals surface area contributed by atoms with E-state index in [4.69, 9.17) is 9.84 Å². The topological polar surface area (TPSA) is 92.7 Å². The van der Waals surface area contributed by atoms with E-state index in [1.54, 1.807) is 0 Å². The van der Waals surface area contributed by atoms with E-state index in [9.17, 15) is 13.2 Å². The van der Waals surface area contributed by atoms with Crippen LogP contribution in [-0.2, 0) is 14.8 Å². The highest BCUT2D eigenvalue weighted by molar-refractivity contribution is 7.89. The first-order valence-electron chi connectivity index (χ1n) is 5.38. The molecule has 1 saturated heterocycles. The molecule has 1 aromatic heterocycles. The quantitative estimate of drug-likeness (QED) is 0.835. The van der Waals surface area contributed by atoms with Crippen LogP contribution in [0.25, 0.3) is 0 Å². The highest BCUT2D eigenvalue weighted by Crippen LogP contribution is 2.19. The first-order valence-corrected chi connectivity index (χ1v) is 7.74. The predicted molar refractivity (Wildman–Crippen MR) is 65.4 cm³/mol. The predicted octanol–water partition coefficient (Wildman–Crippen LogP) is 0.761. The normalized spacial score (nSPS) is 20.1. The minimum atomic E-state index is -3.62. The standard InChI is InChI=1S/C10H13NO5S2/c12-10(13)9-3-8(6-17-9)18(14,15)11-4-7-1-2-16-5-7/h3,6-7,11H,1-2,4-5H2,(H,12,13). The Bertz CT molecular complexity index is 530. The number of nitrogens with one attached hydrogen (secondary N) is 1. The molecule has 6 nitrogen and oxygen atoms in total. The molecule has 2 heterocycles. The van der Waals surface area contributed by atoms with Crippen molar-refractivity contribution in [2.75, 3.05) is 19.8 Å². The van der Waals surface area contributed by atoms with Crippen molar-refractivity contribution in [2.24, 2.45) is 5.92 Å². The van der Waals surface area contributed by atoms with Gasteiger partial charge in [0.05, 0.1) is 11.5 Å². The van der Waals surface area contributed by atoms with Crippen molar-refractivity contribution in [2.45, 2.75) is 11.3 Å². The molecule has 1 aliphatic rings. The lowest BCUT2D eigenvalue weighted by molar-refractivity contribution is 0.0702. The fraction of sp³-hybridized carbons (Fsp3) is 0.500. The number of hydrogen-bond acceptors (Lipinski definition) is 5. The van der Waals surface area contributed by atoms with Crippen LogP contribution in [0, 0.1) is 5.92 Å². The smallest absolute Gasteiger partial charge is 0.345 e. The van der Waals surface area contributed by atoms with Gasteiger partial charge in [0.25, 0.3) is 0 Å². The average Bonchev–Trinajstić information content (AvgIpc) is 2.98. The second-order valence-electron chi connectivity index (χ2n) is 4.03. The summed E-state index contributed by atoms with van der Waals surface area (Å²) in [6.45, 7) is 1.54. The molecule has 0 spiro atoms. The van der Waals surface area contributed by atoms with Crippen LogP contribution in [-0.4, -0.2) is 39.3 Å². The van der Waals surface area contributed by atoms with Gasteiger partial charge >= 0.3 is 5.97 Å². The van der Waals surface area contributed by atoms with Crippen molar-refractivity contribution in [1.29, 1.82) is 0 Å². The summed E-state index contributed by atoms with van der Waals surface area (Å²) >= 11 is 0.899. The molecule has 2 N–H and O–H groups in total. The zero-order valence-electron chi connectivity index (χ0n) is 9.46. The Kier molecular flexibility index (Phi) is 4.00. The minimum absolute atomic E-state index is 0.00353. The Morgan fingerprint density at radius 2 is 2.39 bits per heavy atom. The van der Waals surface area contributed by atoms with E-state index in [1.165, 1.54) is 11.4 Å². The summed E-state index contributed by atoms with van der Waals surface area (Å²) in [7, 11) is -3.62. The molecule has 1 aromatic rings. The van der Waals surface area contributed by atoms with Crippen LogP contribution in [0.4, 0.5) is 0 Å². The third-order valence-corrected chi connectivity index (χ3v) is 5.15. The number of hydrogen-bond donors (Lipinski definition) is 2. The molecule has 1 aliphatic heterocycles. The van der Waals surface area contributed by atoms with Crippen LogP contribution in [0.1, 0.15) is 16.1 Å². The molecule has 100 valence electrons. The summed E-state index contributed by atoms with van der Waals surface area (Å²) in [5, 5.41) is 10.1. The van der Waals surface area contributed by atoms with Gasteiger partial charge in [0, 0.05) is 18.5 Å². The zero-order chi connectivity index (χ0) is 13.2. The van der Waals surface area contributed by atoms with Crippen molar-refractivity contribution in [3.63, 3.8) is 0 Å². The van der Waals surface area contributed by atoms with Gasteiger partial charge in [0.2, 0.25) is 10.0 Å². The van der Waals surface area contributed by atoms with E-state index in [1.807, 2.05) is 0 Å². The molecule has 8 heteroatoms. The van der Waals surface area contributed by atoms with Crippen LogP contribution in [0.5, 0.6) is 0 Å². The molecular weight excluding hydrogens is 278 g/mol. The van der Waals surface area contributed by atoms with Crippen LogP contribution >= 0.6 is 11.3 Å². The second kappa shape index (κ2) is 5.35. The van der Waals surface area contributed by atoms with E-state index < -0.39 is 16.0 Å². The highest BCUT2D eigenvalue weighted by Gasteiger charge is 2.22. The van der Waals surface area contributed by atoms with Crippen LogP contribution in [0.3, 0.4) is 0 Å². The number of carboxylic acids is 1. The summed E-state index contributed by atoms with van der Waals surface area (Å²) in [6.07, 6.45) is 0.840. The van der Waals surface area contributed by atoms with Gasteiger partial charge in [-0.1, -0.05) is 0 Å². The van der Waals surface area contributed by atoms with Crippen molar-refractivity contribution in [1.82, 2.24) is 4.72 Å². The molecule has 2 rings (SSSR count). The molecular formula is C10H13NO5S2. The largest absolute Gasteiger partial charge is 0.477 e. The summed E-state index contributed by atoms with van der Waals surface area (Å²) in [4.78, 5) is 10.7. The number of ether oxygens (including phenoxy) is 1. The number of carboxylic acid groups (broad SMARTS) is 1. The van der Waals surface area contributed by atoms with Gasteiger partial charge in [0.1, 0.15) is 4.88 Å². The maximum absolute atomic E-state index is 11.9. The lowest BCUT2D eigenvalue weighted by Gasteiger charge is -2.08. The summed E-state index contributed by atoms with van der Waals surface area (Å²) < 4.78 is 31.4. The maximum atomic E-state index is 11.9. The molecule has 0 aliphatic carbocycles. The lowest BCUT2D eigenvalue weighted by Crippen LogP contribution is -2.29. The fourth-order valence-corrected chi connectivity index (χ4v) is 3.85. The van der Waals surface area contributed by atoms with Crippen molar-refractivity contribution < 1.29 is 23.1 Å². The van der Waals surface area contributed by atoms with Crippen LogP contribution in [0.2, 0.25) is 0 Å². The number of aromatic carboxylic acids is 1. The number of carbonyl (C=O) groups is 1. The maximum Gasteiger partial charge on any atom is 0.345 e. The zero-order valence-corrected chi connectivity index (χ0v) is 11.1. The molecule has 1 fully saturated rings. The Labute approximate surface area is 109 Å². The Hall–Kier alpha value is -0.960. The first-order chi connectivity index (χ1) is 8.49. The van der Waals surface area contributed by atoms with Gasteiger partial charge < -0.3 is 9.84 Å². The molecule has 0 bridgehead atoms. The molecule has 0 aromatic carbocycles. The van der Waals surface area contributed by atoms with Gasteiger partial charge in [-0.2, -0.15) is 0 Å². The van der Waals surface area contributed by atoms with E-state index in [2.05, 4.69) is 4.72 Å². The van der Waals surface area contributed by atoms with E-state index in [0.29, 0.717) is 19.8 Å². The van der Waals surface area contributed by atoms with Gasteiger partial charge in [-0.25, -0.2) is 17.9 Å². The van der Waals surface area contributed by atoms with Crippen molar-refractivity contribution in [3.8, 4) is 0 Å². The molecule has 18 heavy (non-hydrogen) atoms. The number of thiophene rings is 1. The first kappa shape index (κ1) is 13.5. The van der Waals surface area contributed by atoms with E-state index in [-0.39, 0.29) is 15.7 Å². The summed E-state index contributed by atoms with van der Waals surface area (Å²) in [5.74, 6) is -0.928. The second-order valence-corrected chi connectivity index (χ2v) is 6.71. The van der Waals surface area contributed by atoms with E-state index in [0.717, 1.165) is 17.8 Å².